The number of anilines is 1. The molecular weight excluding hydrogens is 422 g/mol. The Hall–Kier alpha value is -3.86. The van der Waals surface area contributed by atoms with Gasteiger partial charge in [0.05, 0.1) is 18.7 Å². The summed E-state index contributed by atoms with van der Waals surface area (Å²) >= 11 is 0. The molecule has 1 amide bonds. The molecule has 0 bridgehead atoms. The van der Waals surface area contributed by atoms with Crippen LogP contribution in [0.5, 0.6) is 5.75 Å². The van der Waals surface area contributed by atoms with Crippen LogP contribution in [0.25, 0.3) is 22.0 Å². The Bertz CT molecular complexity index is 1330. The number of nitrogens with zero attached hydrogens (tertiary/aromatic N) is 1. The summed E-state index contributed by atoms with van der Waals surface area (Å²) in [7, 11) is 1.63. The highest BCUT2D eigenvalue weighted by molar-refractivity contribution is 5.87. The average molecular weight is 454 g/mol. The summed E-state index contributed by atoms with van der Waals surface area (Å²) in [6, 6.07) is 24.2. The lowest BCUT2D eigenvalue weighted by Gasteiger charge is -2.20. The molecule has 0 radical (unpaired) electrons. The van der Waals surface area contributed by atoms with Crippen molar-refractivity contribution >= 4 is 22.6 Å². The van der Waals surface area contributed by atoms with E-state index in [1.807, 2.05) is 56.3 Å². The van der Waals surface area contributed by atoms with Gasteiger partial charge in [0.15, 0.2) is 0 Å². The minimum Gasteiger partial charge on any atom is -0.496 e. The summed E-state index contributed by atoms with van der Waals surface area (Å²) in [6.07, 6.45) is 0.508. The number of hydrogen-bond acceptors (Lipinski definition) is 4. The molecule has 34 heavy (non-hydrogen) atoms. The van der Waals surface area contributed by atoms with Crippen molar-refractivity contribution in [2.45, 2.75) is 33.2 Å². The lowest BCUT2D eigenvalue weighted by Crippen LogP contribution is -2.32. The van der Waals surface area contributed by atoms with Crippen molar-refractivity contribution in [3.63, 3.8) is 0 Å². The van der Waals surface area contributed by atoms with Gasteiger partial charge in [-0.05, 0) is 66.8 Å². The first-order valence-electron chi connectivity index (χ1n) is 11.6. The molecule has 0 spiro atoms. The maximum atomic E-state index is 13.0. The fourth-order valence-corrected chi connectivity index (χ4v) is 4.34. The van der Waals surface area contributed by atoms with E-state index < -0.39 is 0 Å². The normalized spacial score (nSPS) is 12.8. The van der Waals surface area contributed by atoms with Crippen LogP contribution in [-0.4, -0.2) is 18.0 Å². The van der Waals surface area contributed by atoms with Gasteiger partial charge in [0.25, 0.3) is 0 Å². The molecule has 5 heteroatoms. The predicted octanol–water partition coefficient (Wildman–Crippen LogP) is 5.86. The van der Waals surface area contributed by atoms with Gasteiger partial charge in [-0.2, -0.15) is 0 Å². The number of aromatic nitrogens is 1. The van der Waals surface area contributed by atoms with E-state index in [1.54, 1.807) is 7.11 Å². The van der Waals surface area contributed by atoms with Crippen LogP contribution < -0.4 is 15.8 Å². The van der Waals surface area contributed by atoms with Crippen molar-refractivity contribution in [2.75, 3.05) is 12.8 Å². The van der Waals surface area contributed by atoms with E-state index in [4.69, 9.17) is 10.5 Å². The van der Waals surface area contributed by atoms with Gasteiger partial charge in [-0.3, -0.25) is 4.79 Å². The van der Waals surface area contributed by atoms with Crippen LogP contribution >= 0.6 is 0 Å². The van der Waals surface area contributed by atoms with Crippen molar-refractivity contribution in [1.29, 1.82) is 0 Å². The number of para-hydroxylation sites is 1. The molecule has 5 nitrogen and oxygen atoms in total. The van der Waals surface area contributed by atoms with Crippen LogP contribution in [0.1, 0.15) is 36.6 Å². The Morgan fingerprint density at radius 3 is 2.53 bits per heavy atom. The van der Waals surface area contributed by atoms with Gasteiger partial charge < -0.3 is 15.8 Å². The average Bonchev–Trinajstić information content (AvgIpc) is 2.84. The van der Waals surface area contributed by atoms with Crippen molar-refractivity contribution < 1.29 is 9.53 Å². The van der Waals surface area contributed by atoms with Gasteiger partial charge in [-0.15, -0.1) is 0 Å². The number of hydrogen-bond donors (Lipinski definition) is 2. The van der Waals surface area contributed by atoms with Gasteiger partial charge in [0.1, 0.15) is 11.6 Å². The predicted molar refractivity (Wildman–Crippen MR) is 139 cm³/mol. The zero-order valence-electron chi connectivity index (χ0n) is 20.1. The summed E-state index contributed by atoms with van der Waals surface area (Å²) in [5, 5.41) is 4.12. The molecule has 1 heterocycles. The monoisotopic (exact) mass is 453 g/mol. The zero-order chi connectivity index (χ0) is 24.2. The fraction of sp³-hybridized carbons (Fsp3) is 0.241. The molecule has 3 N–H and O–H groups in total. The molecule has 3 aromatic carbocycles. The Labute approximate surface area is 201 Å². The molecule has 0 aliphatic rings. The van der Waals surface area contributed by atoms with Crippen LogP contribution in [0.3, 0.4) is 0 Å². The molecule has 1 aromatic heterocycles. The smallest absolute Gasteiger partial charge is 0.223 e. The molecular formula is C29H31N3O2. The van der Waals surface area contributed by atoms with E-state index in [1.165, 1.54) is 11.1 Å². The molecule has 0 aliphatic carbocycles. The third kappa shape index (κ3) is 4.88. The highest BCUT2D eigenvalue weighted by Gasteiger charge is 2.20. The number of methoxy groups -OCH3 is 1. The number of aryl methyl sites for hydroxylation is 1. The molecule has 0 saturated heterocycles. The summed E-state index contributed by atoms with van der Waals surface area (Å²) in [4.78, 5) is 17.6. The SMILES string of the molecule is COc1ccccc1[C@@H](C)NC(=O)[C@@H](C)Cc1cc2cc(-c3ccccc3C)ccc2nc1N. The van der Waals surface area contributed by atoms with Crippen LogP contribution in [0.15, 0.2) is 72.8 Å². The zero-order valence-corrected chi connectivity index (χ0v) is 20.1. The molecule has 0 aliphatic heterocycles. The number of benzene rings is 3. The van der Waals surface area contributed by atoms with E-state index in [9.17, 15) is 4.79 Å². The van der Waals surface area contributed by atoms with E-state index in [0.717, 1.165) is 33.3 Å². The number of nitrogens with two attached hydrogens (primary N) is 1. The number of pyridine rings is 1. The Balaban J connectivity index is 1.54. The number of amides is 1. The lowest BCUT2D eigenvalue weighted by molar-refractivity contribution is -0.125. The van der Waals surface area contributed by atoms with Crippen LogP contribution in [0.2, 0.25) is 0 Å². The first kappa shape index (κ1) is 23.3. The molecule has 174 valence electrons. The molecule has 0 saturated carbocycles. The van der Waals surface area contributed by atoms with Crippen LogP contribution in [0, 0.1) is 12.8 Å². The number of carbonyl (C=O) groups is 1. The van der Waals surface area contributed by atoms with Crippen molar-refractivity contribution in [3.8, 4) is 16.9 Å². The number of rotatable bonds is 7. The summed E-state index contributed by atoms with van der Waals surface area (Å²) in [5.74, 6) is 0.925. The number of carbonyl (C=O) groups excluding carboxylic acids is 1. The quantitative estimate of drug-likeness (QED) is 0.368. The standard InChI is InChI=1S/C29H31N3O2/c1-18-9-5-6-10-24(18)21-13-14-26-22(16-21)17-23(28(30)32-26)15-19(2)29(33)31-20(3)25-11-7-8-12-27(25)34-4/h5-14,16-17,19-20H,15H2,1-4H3,(H2,30,32)(H,31,33)/t19-,20+/m0/s1. The van der Waals surface area contributed by atoms with Crippen molar-refractivity contribution in [2.24, 2.45) is 5.92 Å². The fourth-order valence-electron chi connectivity index (χ4n) is 4.34. The van der Waals surface area contributed by atoms with Crippen LogP contribution in [0.4, 0.5) is 5.82 Å². The highest BCUT2D eigenvalue weighted by Crippen LogP contribution is 2.29. The number of ether oxygens (including phenoxy) is 1. The Kier molecular flexibility index (Phi) is 6.82. The summed E-state index contributed by atoms with van der Waals surface area (Å²) in [6.45, 7) is 5.98. The van der Waals surface area contributed by atoms with Crippen molar-refractivity contribution in [1.82, 2.24) is 10.3 Å². The van der Waals surface area contributed by atoms with Crippen molar-refractivity contribution in [3.05, 3.63) is 89.5 Å². The van der Waals surface area contributed by atoms with Gasteiger partial charge in [-0.25, -0.2) is 4.98 Å². The highest BCUT2D eigenvalue weighted by atomic mass is 16.5. The van der Waals surface area contributed by atoms with E-state index in [2.05, 4.69) is 47.6 Å². The molecule has 4 aromatic rings. The summed E-state index contributed by atoms with van der Waals surface area (Å²) < 4.78 is 5.43. The summed E-state index contributed by atoms with van der Waals surface area (Å²) in [5.41, 5.74) is 12.5. The van der Waals surface area contributed by atoms with Crippen LogP contribution in [-0.2, 0) is 11.2 Å². The Morgan fingerprint density at radius 2 is 1.76 bits per heavy atom. The second kappa shape index (κ2) is 9.96. The Morgan fingerprint density at radius 1 is 1.03 bits per heavy atom. The third-order valence-corrected chi connectivity index (χ3v) is 6.32. The first-order valence-corrected chi connectivity index (χ1v) is 11.6. The lowest BCUT2D eigenvalue weighted by atomic mass is 9.96. The van der Waals surface area contributed by atoms with E-state index in [-0.39, 0.29) is 17.9 Å². The third-order valence-electron chi connectivity index (χ3n) is 6.32. The second-order valence-corrected chi connectivity index (χ2v) is 8.83. The van der Waals surface area contributed by atoms with Gasteiger partial charge in [0, 0.05) is 16.9 Å². The molecule has 0 unspecified atom stereocenters. The largest absolute Gasteiger partial charge is 0.496 e. The molecule has 4 rings (SSSR count). The maximum Gasteiger partial charge on any atom is 0.223 e. The number of fused-ring (bicyclic) bond motifs is 1. The number of nitrogens with one attached hydrogen (secondary N) is 1. The second-order valence-electron chi connectivity index (χ2n) is 8.83. The van der Waals surface area contributed by atoms with E-state index in [0.29, 0.717) is 12.2 Å². The van der Waals surface area contributed by atoms with E-state index >= 15 is 0 Å². The minimum atomic E-state index is -0.266. The first-order chi connectivity index (χ1) is 16.4. The molecule has 0 fully saturated rings. The minimum absolute atomic E-state index is 0.0356. The van der Waals surface area contributed by atoms with Gasteiger partial charge in [0.2, 0.25) is 5.91 Å². The topological polar surface area (TPSA) is 77.2 Å². The maximum absolute atomic E-state index is 13.0. The van der Waals surface area contributed by atoms with Gasteiger partial charge in [-0.1, -0.05) is 55.5 Å². The van der Waals surface area contributed by atoms with Gasteiger partial charge >= 0.3 is 0 Å². The number of nitrogen functional groups attached to an aromatic ring is 1. The molecule has 2 atom stereocenters.